The molecule has 0 unspecified atom stereocenters. The average molecular weight is 426 g/mol. The molecule has 2 heterocycles. The zero-order chi connectivity index (χ0) is 21.6. The fourth-order valence-corrected chi connectivity index (χ4v) is 4.37. The number of nitrogens with zero attached hydrogens (tertiary/aromatic N) is 5. The minimum atomic E-state index is -0.153. The zero-order valence-electron chi connectivity index (χ0n) is 18.2. The summed E-state index contributed by atoms with van der Waals surface area (Å²) in [5.74, 6) is 1.60. The van der Waals surface area contributed by atoms with Crippen LogP contribution in [-0.2, 0) is 6.54 Å². The van der Waals surface area contributed by atoms with Gasteiger partial charge in [0.2, 0.25) is 5.82 Å². The van der Waals surface area contributed by atoms with Crippen molar-refractivity contribution in [3.63, 3.8) is 0 Å². The molecular weight excluding hydrogens is 395 g/mol. The van der Waals surface area contributed by atoms with Crippen LogP contribution in [0, 0.1) is 5.82 Å². The summed E-state index contributed by atoms with van der Waals surface area (Å²) in [6.45, 7) is 6.30. The first kappa shape index (κ1) is 21.2. The largest absolute Gasteiger partial charge is 0.497 e. The van der Waals surface area contributed by atoms with Crippen LogP contribution in [0.4, 0.5) is 10.1 Å². The van der Waals surface area contributed by atoms with Crippen molar-refractivity contribution in [1.82, 2.24) is 20.2 Å². The Bertz CT molecular complexity index is 968. The maximum atomic E-state index is 14.2. The molecule has 2 aromatic carbocycles. The standard InChI is InChI=1S/C23H29FN6O/c1-3-6-22(29-15-13-28(14-16-29)21-8-5-4-7-20(21)24)23-25-26-27-30(23)17-18-9-11-19(31-2)12-10-18/h4-5,7-12,22H,3,6,13-17H2,1-2H3/p+1/t22-/m1/s1. The lowest BCUT2D eigenvalue weighted by molar-refractivity contribution is -0.933. The molecule has 1 aromatic heterocycles. The molecular formula is C23H30FN6O+. The number of para-hydroxylation sites is 1. The number of anilines is 1. The maximum absolute atomic E-state index is 14.2. The number of methoxy groups -OCH3 is 1. The van der Waals surface area contributed by atoms with Gasteiger partial charge in [0.15, 0.2) is 0 Å². The molecule has 1 atom stereocenters. The van der Waals surface area contributed by atoms with E-state index in [-0.39, 0.29) is 11.9 Å². The number of nitrogens with one attached hydrogen (secondary N) is 1. The highest BCUT2D eigenvalue weighted by atomic mass is 19.1. The smallest absolute Gasteiger partial charge is 0.209 e. The summed E-state index contributed by atoms with van der Waals surface area (Å²) in [5.41, 5.74) is 1.82. The predicted molar refractivity (Wildman–Crippen MR) is 117 cm³/mol. The van der Waals surface area contributed by atoms with Crippen LogP contribution in [0.15, 0.2) is 48.5 Å². The molecule has 8 heteroatoms. The van der Waals surface area contributed by atoms with Crippen molar-refractivity contribution >= 4 is 5.69 Å². The lowest BCUT2D eigenvalue weighted by atomic mass is 10.1. The number of piperazine rings is 1. The first-order valence-corrected chi connectivity index (χ1v) is 10.9. The number of tetrazole rings is 1. The number of hydrogen-bond acceptors (Lipinski definition) is 5. The molecule has 1 aliphatic rings. The summed E-state index contributed by atoms with van der Waals surface area (Å²) in [6.07, 6.45) is 2.07. The zero-order valence-corrected chi connectivity index (χ0v) is 18.2. The number of halogens is 1. The highest BCUT2D eigenvalue weighted by Gasteiger charge is 2.32. The van der Waals surface area contributed by atoms with Crippen molar-refractivity contribution in [2.75, 3.05) is 38.2 Å². The van der Waals surface area contributed by atoms with Crippen LogP contribution in [0.25, 0.3) is 0 Å². The fourth-order valence-electron chi connectivity index (χ4n) is 4.37. The number of ether oxygens (including phenoxy) is 1. The van der Waals surface area contributed by atoms with Crippen molar-refractivity contribution in [3.8, 4) is 5.75 Å². The highest BCUT2D eigenvalue weighted by Crippen LogP contribution is 2.20. The quantitative estimate of drug-likeness (QED) is 0.599. The molecule has 7 nitrogen and oxygen atoms in total. The molecule has 1 aliphatic heterocycles. The summed E-state index contributed by atoms with van der Waals surface area (Å²) in [5, 5.41) is 12.7. The summed E-state index contributed by atoms with van der Waals surface area (Å²) in [4.78, 5) is 3.60. The normalized spacial score (nSPS) is 15.8. The Labute approximate surface area is 182 Å². The van der Waals surface area contributed by atoms with Gasteiger partial charge in [0.25, 0.3) is 0 Å². The molecule has 1 saturated heterocycles. The summed E-state index contributed by atoms with van der Waals surface area (Å²) in [7, 11) is 1.67. The molecule has 0 spiro atoms. The summed E-state index contributed by atoms with van der Waals surface area (Å²) in [6, 6.07) is 15.2. The van der Waals surface area contributed by atoms with E-state index < -0.39 is 0 Å². The van der Waals surface area contributed by atoms with Gasteiger partial charge < -0.3 is 14.5 Å². The van der Waals surface area contributed by atoms with Gasteiger partial charge in [0.1, 0.15) is 17.6 Å². The Morgan fingerprint density at radius 2 is 1.84 bits per heavy atom. The van der Waals surface area contributed by atoms with Gasteiger partial charge in [-0.3, -0.25) is 0 Å². The van der Waals surface area contributed by atoms with E-state index >= 15 is 0 Å². The van der Waals surface area contributed by atoms with Crippen molar-refractivity contribution in [3.05, 3.63) is 65.7 Å². The molecule has 0 bridgehead atoms. The van der Waals surface area contributed by atoms with Gasteiger partial charge in [-0.1, -0.05) is 37.6 Å². The molecule has 4 rings (SSSR count). The van der Waals surface area contributed by atoms with E-state index in [0.29, 0.717) is 12.2 Å². The summed E-state index contributed by atoms with van der Waals surface area (Å²) >= 11 is 0. The molecule has 3 aromatic rings. The Hall–Kier alpha value is -3.00. The molecule has 0 amide bonds. The second-order valence-corrected chi connectivity index (χ2v) is 7.98. The minimum absolute atomic E-state index is 0.153. The van der Waals surface area contributed by atoms with Crippen LogP contribution in [0.5, 0.6) is 5.75 Å². The minimum Gasteiger partial charge on any atom is -0.497 e. The van der Waals surface area contributed by atoms with Gasteiger partial charge >= 0.3 is 0 Å². The highest BCUT2D eigenvalue weighted by molar-refractivity contribution is 5.47. The number of quaternary nitrogens is 1. The van der Waals surface area contributed by atoms with Crippen LogP contribution in [0.2, 0.25) is 0 Å². The van der Waals surface area contributed by atoms with Crippen LogP contribution in [0.3, 0.4) is 0 Å². The van der Waals surface area contributed by atoms with Gasteiger partial charge in [0, 0.05) is 6.42 Å². The van der Waals surface area contributed by atoms with Gasteiger partial charge in [-0.2, -0.15) is 0 Å². The average Bonchev–Trinajstić information content (AvgIpc) is 3.26. The van der Waals surface area contributed by atoms with E-state index in [1.165, 1.54) is 11.0 Å². The molecule has 164 valence electrons. The monoisotopic (exact) mass is 425 g/mol. The van der Waals surface area contributed by atoms with Crippen molar-refractivity contribution in [2.24, 2.45) is 0 Å². The van der Waals surface area contributed by atoms with Gasteiger partial charge in [-0.25, -0.2) is 9.07 Å². The molecule has 0 radical (unpaired) electrons. The van der Waals surface area contributed by atoms with Crippen molar-refractivity contribution < 1.29 is 14.0 Å². The fraction of sp³-hybridized carbons (Fsp3) is 0.435. The van der Waals surface area contributed by atoms with Crippen molar-refractivity contribution in [1.29, 1.82) is 0 Å². The van der Waals surface area contributed by atoms with E-state index in [1.807, 2.05) is 41.1 Å². The van der Waals surface area contributed by atoms with Crippen molar-refractivity contribution in [2.45, 2.75) is 32.4 Å². The van der Waals surface area contributed by atoms with Gasteiger partial charge in [-0.15, -0.1) is 5.10 Å². The second kappa shape index (κ2) is 9.87. The first-order valence-electron chi connectivity index (χ1n) is 10.9. The van der Waals surface area contributed by atoms with Crippen LogP contribution in [-0.4, -0.2) is 53.5 Å². The Kier molecular flexibility index (Phi) is 6.76. The Morgan fingerprint density at radius 1 is 1.10 bits per heavy atom. The molecule has 1 N–H and O–H groups in total. The number of aromatic nitrogens is 4. The third-order valence-electron chi connectivity index (χ3n) is 6.03. The third-order valence-corrected chi connectivity index (χ3v) is 6.03. The van der Waals surface area contributed by atoms with Gasteiger partial charge in [0.05, 0.1) is 45.5 Å². The Balaban J connectivity index is 1.47. The number of rotatable bonds is 8. The maximum Gasteiger partial charge on any atom is 0.209 e. The van der Waals surface area contributed by atoms with E-state index in [1.54, 1.807) is 13.2 Å². The lowest BCUT2D eigenvalue weighted by Crippen LogP contribution is -3.15. The second-order valence-electron chi connectivity index (χ2n) is 7.98. The predicted octanol–water partition coefficient (Wildman–Crippen LogP) is 2.12. The summed E-state index contributed by atoms with van der Waals surface area (Å²) < 4.78 is 21.4. The molecule has 0 aliphatic carbocycles. The van der Waals surface area contributed by atoms with E-state index in [2.05, 4.69) is 27.3 Å². The third kappa shape index (κ3) is 4.85. The van der Waals surface area contributed by atoms with Gasteiger partial charge in [-0.05, 0) is 40.3 Å². The van der Waals surface area contributed by atoms with E-state index in [4.69, 9.17) is 4.74 Å². The first-order chi connectivity index (χ1) is 15.2. The van der Waals surface area contributed by atoms with E-state index in [0.717, 1.165) is 56.2 Å². The molecule has 0 saturated carbocycles. The van der Waals surface area contributed by atoms with E-state index in [9.17, 15) is 4.39 Å². The topological polar surface area (TPSA) is 60.5 Å². The molecule has 31 heavy (non-hydrogen) atoms. The van der Waals surface area contributed by atoms with Crippen LogP contribution in [0.1, 0.15) is 37.2 Å². The SMILES string of the molecule is CCC[C@H](c1nnnn1Cc1ccc(OC)cc1)[NH+]1CCN(c2ccccc2F)CC1. The Morgan fingerprint density at radius 3 is 2.52 bits per heavy atom. The lowest BCUT2D eigenvalue weighted by Gasteiger charge is -2.37. The number of hydrogen-bond donors (Lipinski definition) is 1. The number of benzene rings is 2. The van der Waals surface area contributed by atoms with Crippen LogP contribution < -0.4 is 14.5 Å². The van der Waals surface area contributed by atoms with Crippen LogP contribution >= 0.6 is 0 Å². The molecule has 1 fully saturated rings.